The molecule has 0 spiro atoms. The zero-order chi connectivity index (χ0) is 29.9. The Morgan fingerprint density at radius 3 is 1.53 bits per heavy atom. The Morgan fingerprint density at radius 1 is 0.674 bits per heavy atom. The van der Waals surface area contributed by atoms with E-state index < -0.39 is 0 Å². The smallest absolute Gasteiger partial charge is 0.185 e. The Morgan fingerprint density at radius 2 is 1.12 bits per heavy atom. The van der Waals surface area contributed by atoms with Gasteiger partial charge in [-0.2, -0.15) is 0 Å². The van der Waals surface area contributed by atoms with Crippen molar-refractivity contribution in [3.8, 4) is 23.0 Å². The van der Waals surface area contributed by atoms with Gasteiger partial charge in [0.05, 0.1) is 40.6 Å². The molecular weight excluding hydrogens is 548 g/mol. The normalized spacial score (nSPS) is 20.4. The number of benzene rings is 2. The van der Waals surface area contributed by atoms with Gasteiger partial charge in [-0.15, -0.1) is 0 Å². The Labute approximate surface area is 254 Å². The van der Waals surface area contributed by atoms with E-state index in [4.69, 9.17) is 28.4 Å². The molecular formula is C34H44N2O7. The summed E-state index contributed by atoms with van der Waals surface area (Å²) in [5.41, 5.74) is 3.44. The van der Waals surface area contributed by atoms with Crippen LogP contribution in [0.15, 0.2) is 47.5 Å². The Kier molecular flexibility index (Phi) is 11.5. The molecule has 2 heterocycles. The van der Waals surface area contributed by atoms with E-state index in [-0.39, 0.29) is 5.78 Å². The van der Waals surface area contributed by atoms with Gasteiger partial charge in [0.15, 0.2) is 28.8 Å². The largest absolute Gasteiger partial charge is 0.493 e. The molecule has 0 amide bonds. The van der Waals surface area contributed by atoms with Crippen molar-refractivity contribution >= 4 is 17.9 Å². The monoisotopic (exact) mass is 592 g/mol. The lowest BCUT2D eigenvalue weighted by atomic mass is 9.87. The minimum absolute atomic E-state index is 0.0841. The van der Waals surface area contributed by atoms with Gasteiger partial charge in [0.2, 0.25) is 0 Å². The first-order chi connectivity index (χ1) is 21.1. The number of allylic oxidation sites excluding steroid dienone is 2. The summed E-state index contributed by atoms with van der Waals surface area (Å²) in [5, 5.41) is 0. The highest BCUT2D eigenvalue weighted by molar-refractivity contribution is 6.14. The van der Waals surface area contributed by atoms with Crippen molar-refractivity contribution in [2.75, 3.05) is 93.1 Å². The molecule has 0 aromatic heterocycles. The van der Waals surface area contributed by atoms with E-state index in [9.17, 15) is 4.79 Å². The maximum Gasteiger partial charge on any atom is 0.185 e. The fourth-order valence-corrected chi connectivity index (χ4v) is 5.59. The second-order valence-electron chi connectivity index (χ2n) is 10.9. The van der Waals surface area contributed by atoms with E-state index in [1.807, 2.05) is 48.6 Å². The second kappa shape index (κ2) is 15.9. The summed E-state index contributed by atoms with van der Waals surface area (Å²) >= 11 is 0. The number of Topliss-reactive ketones (excluding diaryl/α,β-unsaturated/α-hetero) is 1. The summed E-state index contributed by atoms with van der Waals surface area (Å²) in [7, 11) is 3.28. The Bertz CT molecular complexity index is 1180. The number of ketones is 1. The van der Waals surface area contributed by atoms with E-state index >= 15 is 0 Å². The highest BCUT2D eigenvalue weighted by Crippen LogP contribution is 2.33. The van der Waals surface area contributed by atoms with Crippen molar-refractivity contribution in [1.29, 1.82) is 0 Å². The average Bonchev–Trinajstić information content (AvgIpc) is 3.05. The summed E-state index contributed by atoms with van der Waals surface area (Å²) in [6.45, 7) is 9.66. The van der Waals surface area contributed by atoms with Gasteiger partial charge in [-0.1, -0.05) is 12.1 Å². The molecule has 9 nitrogen and oxygen atoms in total. The SMILES string of the molecule is COc1cc(/C=C2\CCC/C(=C\c3ccc(OCCN4CCOCC4)c(OC)c3)C2=O)ccc1OCCN1CCOCC1. The van der Waals surface area contributed by atoms with E-state index in [2.05, 4.69) is 9.80 Å². The van der Waals surface area contributed by atoms with Crippen LogP contribution in [0.1, 0.15) is 30.4 Å². The molecule has 232 valence electrons. The van der Waals surface area contributed by atoms with Crippen LogP contribution in [0.4, 0.5) is 0 Å². The van der Waals surface area contributed by atoms with Crippen LogP contribution < -0.4 is 18.9 Å². The first-order valence-corrected chi connectivity index (χ1v) is 15.3. The highest BCUT2D eigenvalue weighted by Gasteiger charge is 2.21. The van der Waals surface area contributed by atoms with Crippen molar-refractivity contribution < 1.29 is 33.2 Å². The van der Waals surface area contributed by atoms with E-state index in [0.29, 0.717) is 36.2 Å². The highest BCUT2D eigenvalue weighted by atomic mass is 16.5. The maximum absolute atomic E-state index is 13.5. The maximum atomic E-state index is 13.5. The van der Waals surface area contributed by atoms with Gasteiger partial charge < -0.3 is 28.4 Å². The molecule has 0 atom stereocenters. The van der Waals surface area contributed by atoms with Crippen LogP contribution in [0, 0.1) is 0 Å². The molecule has 2 saturated heterocycles. The third-order valence-corrected chi connectivity index (χ3v) is 8.07. The predicted molar refractivity (Wildman–Crippen MR) is 166 cm³/mol. The number of hydrogen-bond acceptors (Lipinski definition) is 9. The molecule has 0 bridgehead atoms. The number of carbonyl (C=O) groups excluding carboxylic acids is 1. The van der Waals surface area contributed by atoms with E-state index in [0.717, 1.165) is 107 Å². The average molecular weight is 593 g/mol. The Balaban J connectivity index is 1.21. The zero-order valence-electron chi connectivity index (χ0n) is 25.5. The van der Waals surface area contributed by atoms with Crippen molar-refractivity contribution in [2.24, 2.45) is 0 Å². The van der Waals surface area contributed by atoms with Crippen LogP contribution in [-0.2, 0) is 14.3 Å². The van der Waals surface area contributed by atoms with Gasteiger partial charge in [0.25, 0.3) is 0 Å². The molecule has 43 heavy (non-hydrogen) atoms. The molecule has 5 rings (SSSR count). The van der Waals surface area contributed by atoms with Gasteiger partial charge in [0, 0.05) is 50.4 Å². The molecule has 0 radical (unpaired) electrons. The lowest BCUT2D eigenvalue weighted by Gasteiger charge is -2.26. The molecule has 9 heteroatoms. The second-order valence-corrected chi connectivity index (χ2v) is 10.9. The van der Waals surface area contributed by atoms with Crippen molar-refractivity contribution in [3.63, 3.8) is 0 Å². The summed E-state index contributed by atoms with van der Waals surface area (Å²) in [5.74, 6) is 2.82. The lowest BCUT2D eigenvalue weighted by molar-refractivity contribution is -0.112. The quantitative estimate of drug-likeness (QED) is 0.335. The number of morpholine rings is 2. The first-order valence-electron chi connectivity index (χ1n) is 15.3. The fraction of sp³-hybridized carbons (Fsp3) is 0.500. The molecule has 0 N–H and O–H groups in total. The lowest BCUT2D eigenvalue weighted by Crippen LogP contribution is -2.38. The fourth-order valence-electron chi connectivity index (χ4n) is 5.59. The topological polar surface area (TPSA) is 78.9 Å². The van der Waals surface area contributed by atoms with Crippen LogP contribution in [0.25, 0.3) is 12.2 Å². The summed E-state index contributed by atoms with van der Waals surface area (Å²) in [6.07, 6.45) is 6.36. The molecule has 1 saturated carbocycles. The number of nitrogens with zero attached hydrogens (tertiary/aromatic N) is 2. The molecule has 2 aliphatic heterocycles. The van der Waals surface area contributed by atoms with Gasteiger partial charge in [-0.05, 0) is 66.8 Å². The van der Waals surface area contributed by atoms with Gasteiger partial charge >= 0.3 is 0 Å². The van der Waals surface area contributed by atoms with Gasteiger partial charge in [-0.25, -0.2) is 0 Å². The zero-order valence-corrected chi connectivity index (χ0v) is 25.5. The molecule has 2 aromatic rings. The van der Waals surface area contributed by atoms with E-state index in [1.165, 1.54) is 0 Å². The number of carbonyl (C=O) groups is 1. The standard InChI is InChI=1S/C34H44N2O7/c1-38-32-24-26(6-8-30(32)42-20-14-35-10-16-40-17-11-35)22-28-4-3-5-29(34(28)37)23-27-7-9-31(33(25-27)39-2)43-21-15-36-12-18-41-19-13-36/h6-9,22-25H,3-5,10-21H2,1-2H3/b28-22+,29-23+. The third kappa shape index (κ3) is 8.83. The minimum Gasteiger partial charge on any atom is -0.493 e. The Hall–Kier alpha value is -3.37. The molecule has 0 unspecified atom stereocenters. The van der Waals surface area contributed by atoms with Crippen LogP contribution in [0.5, 0.6) is 23.0 Å². The molecule has 3 fully saturated rings. The summed E-state index contributed by atoms with van der Waals surface area (Å²) in [6, 6.07) is 11.7. The number of ether oxygens (including phenoxy) is 6. The summed E-state index contributed by atoms with van der Waals surface area (Å²) in [4.78, 5) is 18.2. The van der Waals surface area contributed by atoms with Crippen LogP contribution >= 0.6 is 0 Å². The predicted octanol–water partition coefficient (Wildman–Crippen LogP) is 4.35. The first kappa shape index (κ1) is 31.1. The minimum atomic E-state index is 0.0841. The van der Waals surface area contributed by atoms with Crippen LogP contribution in [0.3, 0.4) is 0 Å². The third-order valence-electron chi connectivity index (χ3n) is 8.07. The number of rotatable bonds is 12. The molecule has 3 aliphatic rings. The van der Waals surface area contributed by atoms with Crippen molar-refractivity contribution in [2.45, 2.75) is 19.3 Å². The van der Waals surface area contributed by atoms with Gasteiger partial charge in [-0.3, -0.25) is 14.6 Å². The van der Waals surface area contributed by atoms with E-state index in [1.54, 1.807) is 14.2 Å². The number of hydrogen-bond donors (Lipinski definition) is 0. The number of methoxy groups -OCH3 is 2. The van der Waals surface area contributed by atoms with Crippen LogP contribution in [0.2, 0.25) is 0 Å². The van der Waals surface area contributed by atoms with Crippen molar-refractivity contribution in [1.82, 2.24) is 9.80 Å². The van der Waals surface area contributed by atoms with Crippen molar-refractivity contribution in [3.05, 3.63) is 58.7 Å². The molecule has 2 aromatic carbocycles. The summed E-state index contributed by atoms with van der Waals surface area (Å²) < 4.78 is 34.1. The van der Waals surface area contributed by atoms with Gasteiger partial charge in [0.1, 0.15) is 13.2 Å². The molecule has 1 aliphatic carbocycles. The van der Waals surface area contributed by atoms with Crippen LogP contribution in [-0.4, -0.2) is 109 Å².